The fraction of sp³-hybridized carbons (Fsp3) is 0.400. The Morgan fingerprint density at radius 1 is 1.44 bits per heavy atom. The predicted octanol–water partition coefficient (Wildman–Crippen LogP) is 2.03. The topological polar surface area (TPSA) is 29.5 Å². The molecule has 1 unspecified atom stereocenters. The molecule has 96 valence electrons. The van der Waals surface area contributed by atoms with Gasteiger partial charge in [-0.15, -0.1) is 6.58 Å². The third-order valence-corrected chi connectivity index (χ3v) is 3.12. The zero-order valence-corrected chi connectivity index (χ0v) is 10.5. The van der Waals surface area contributed by atoms with Crippen molar-refractivity contribution in [2.24, 2.45) is 0 Å². The van der Waals surface area contributed by atoms with Crippen LogP contribution in [-0.4, -0.2) is 36.6 Å². The zero-order valence-electron chi connectivity index (χ0n) is 10.5. The van der Waals surface area contributed by atoms with Gasteiger partial charge >= 0.3 is 0 Å². The molecule has 0 spiro atoms. The average molecular weight is 245 g/mol. The maximum Gasteiger partial charge on any atom is 0.226 e. The van der Waals surface area contributed by atoms with Gasteiger partial charge in [0, 0.05) is 25.9 Å². The Balaban J connectivity index is 1.90. The van der Waals surface area contributed by atoms with Gasteiger partial charge in [-0.05, 0) is 5.56 Å². The van der Waals surface area contributed by atoms with E-state index in [0.29, 0.717) is 26.1 Å². The van der Waals surface area contributed by atoms with E-state index in [2.05, 4.69) is 18.7 Å². The van der Waals surface area contributed by atoms with E-state index in [0.717, 1.165) is 6.42 Å². The summed E-state index contributed by atoms with van der Waals surface area (Å²) < 4.78 is 5.72. The van der Waals surface area contributed by atoms with Crippen molar-refractivity contribution in [3.05, 3.63) is 48.6 Å². The minimum atomic E-state index is 0.106. The quantitative estimate of drug-likeness (QED) is 0.760. The van der Waals surface area contributed by atoms with Gasteiger partial charge in [-0.2, -0.15) is 0 Å². The van der Waals surface area contributed by atoms with Gasteiger partial charge in [-0.3, -0.25) is 4.79 Å². The van der Waals surface area contributed by atoms with Crippen LogP contribution in [0.25, 0.3) is 0 Å². The number of amides is 1. The van der Waals surface area contributed by atoms with Crippen LogP contribution in [0.4, 0.5) is 0 Å². The molecule has 3 nitrogen and oxygen atoms in total. The predicted molar refractivity (Wildman–Crippen MR) is 71.3 cm³/mol. The first-order valence-corrected chi connectivity index (χ1v) is 6.34. The average Bonchev–Trinajstić information content (AvgIpc) is 2.40. The molecule has 1 aliphatic rings. The molecule has 2 rings (SSSR count). The van der Waals surface area contributed by atoms with Crippen LogP contribution in [-0.2, 0) is 16.0 Å². The van der Waals surface area contributed by atoms with Crippen LogP contribution in [0.2, 0.25) is 0 Å². The van der Waals surface area contributed by atoms with Gasteiger partial charge in [-0.25, -0.2) is 0 Å². The van der Waals surface area contributed by atoms with Crippen molar-refractivity contribution in [1.29, 1.82) is 0 Å². The summed E-state index contributed by atoms with van der Waals surface area (Å²) in [6, 6.07) is 10.2. The summed E-state index contributed by atoms with van der Waals surface area (Å²) in [6.45, 7) is 5.60. The Kier molecular flexibility index (Phi) is 4.53. The van der Waals surface area contributed by atoms with Crippen LogP contribution in [0.3, 0.4) is 0 Å². The molecule has 0 aromatic heterocycles. The first-order valence-electron chi connectivity index (χ1n) is 6.34. The number of morpholine rings is 1. The molecule has 1 aliphatic heterocycles. The molecule has 1 atom stereocenters. The first-order chi connectivity index (χ1) is 8.79. The number of nitrogens with zero attached hydrogens (tertiary/aromatic N) is 1. The number of rotatable bonds is 4. The second-order valence-electron chi connectivity index (χ2n) is 4.52. The number of carbonyl (C=O) groups is 1. The lowest BCUT2D eigenvalue weighted by Gasteiger charge is -2.33. The van der Waals surface area contributed by atoms with E-state index in [-0.39, 0.29) is 12.0 Å². The van der Waals surface area contributed by atoms with Crippen LogP contribution in [0, 0.1) is 0 Å². The highest BCUT2D eigenvalue weighted by molar-refractivity contribution is 5.77. The minimum Gasteiger partial charge on any atom is -0.374 e. The van der Waals surface area contributed by atoms with E-state index in [1.807, 2.05) is 23.1 Å². The molecule has 0 saturated carbocycles. The summed E-state index contributed by atoms with van der Waals surface area (Å²) in [4.78, 5) is 13.7. The molecule has 0 bridgehead atoms. The minimum absolute atomic E-state index is 0.106. The summed E-state index contributed by atoms with van der Waals surface area (Å²) in [5.41, 5.74) is 1.25. The summed E-state index contributed by atoms with van der Waals surface area (Å²) in [5, 5.41) is 0. The fourth-order valence-electron chi connectivity index (χ4n) is 2.20. The summed E-state index contributed by atoms with van der Waals surface area (Å²) in [7, 11) is 0. The van der Waals surface area contributed by atoms with E-state index in [1.54, 1.807) is 6.08 Å². The van der Waals surface area contributed by atoms with Crippen LogP contribution < -0.4 is 0 Å². The van der Waals surface area contributed by atoms with Gasteiger partial charge in [0.2, 0.25) is 5.91 Å². The van der Waals surface area contributed by atoms with Crippen molar-refractivity contribution < 1.29 is 9.53 Å². The van der Waals surface area contributed by atoms with E-state index in [1.165, 1.54) is 5.56 Å². The summed E-state index contributed by atoms with van der Waals surface area (Å²) in [6.07, 6.45) is 3.04. The maximum atomic E-state index is 11.8. The second kappa shape index (κ2) is 6.36. The van der Waals surface area contributed by atoms with E-state index in [9.17, 15) is 4.79 Å². The van der Waals surface area contributed by atoms with E-state index in [4.69, 9.17) is 4.74 Å². The summed E-state index contributed by atoms with van der Waals surface area (Å²) >= 11 is 0. The van der Waals surface area contributed by atoms with Gasteiger partial charge in [0.25, 0.3) is 0 Å². The van der Waals surface area contributed by atoms with Gasteiger partial charge in [-0.1, -0.05) is 36.4 Å². The molecule has 18 heavy (non-hydrogen) atoms. The van der Waals surface area contributed by atoms with Crippen LogP contribution >= 0.6 is 0 Å². The number of hydrogen-bond acceptors (Lipinski definition) is 2. The third kappa shape index (κ3) is 3.44. The van der Waals surface area contributed by atoms with Crippen molar-refractivity contribution in [2.45, 2.75) is 18.9 Å². The van der Waals surface area contributed by atoms with Crippen LogP contribution in [0.1, 0.15) is 12.0 Å². The SMILES string of the molecule is C=CCC(=O)N1CCOC(Cc2ccccc2)C1. The lowest BCUT2D eigenvalue weighted by Crippen LogP contribution is -2.46. The molecule has 0 radical (unpaired) electrons. The Morgan fingerprint density at radius 2 is 2.22 bits per heavy atom. The molecular formula is C15H19NO2. The summed E-state index contributed by atoms with van der Waals surface area (Å²) in [5.74, 6) is 0.145. The van der Waals surface area contributed by atoms with Crippen LogP contribution in [0.15, 0.2) is 43.0 Å². The zero-order chi connectivity index (χ0) is 12.8. The lowest BCUT2D eigenvalue weighted by molar-refractivity contribution is -0.137. The normalized spacial score (nSPS) is 19.6. The Bertz CT molecular complexity index is 402. The Labute approximate surface area is 108 Å². The molecule has 0 aliphatic carbocycles. The number of hydrogen-bond donors (Lipinski definition) is 0. The smallest absolute Gasteiger partial charge is 0.226 e. The lowest BCUT2D eigenvalue weighted by atomic mass is 10.1. The van der Waals surface area contributed by atoms with Gasteiger partial charge in [0.15, 0.2) is 0 Å². The second-order valence-corrected chi connectivity index (χ2v) is 4.52. The molecule has 0 N–H and O–H groups in total. The molecule has 1 heterocycles. The molecule has 1 amide bonds. The van der Waals surface area contributed by atoms with Crippen molar-refractivity contribution in [1.82, 2.24) is 4.90 Å². The Hall–Kier alpha value is -1.61. The first kappa shape index (κ1) is 12.8. The standard InChI is InChI=1S/C15H19NO2/c1-2-6-15(17)16-9-10-18-14(12-16)11-13-7-4-3-5-8-13/h2-5,7-8,14H,1,6,9-12H2. The maximum absolute atomic E-state index is 11.8. The van der Waals surface area contributed by atoms with E-state index < -0.39 is 0 Å². The monoisotopic (exact) mass is 245 g/mol. The highest BCUT2D eigenvalue weighted by Crippen LogP contribution is 2.12. The molecule has 1 aromatic rings. The molecule has 1 fully saturated rings. The third-order valence-electron chi connectivity index (χ3n) is 3.12. The molecule has 3 heteroatoms. The van der Waals surface area contributed by atoms with Crippen molar-refractivity contribution in [3.8, 4) is 0 Å². The highest BCUT2D eigenvalue weighted by Gasteiger charge is 2.23. The van der Waals surface area contributed by atoms with Gasteiger partial charge < -0.3 is 9.64 Å². The molecule has 1 aromatic carbocycles. The van der Waals surface area contributed by atoms with Crippen molar-refractivity contribution >= 4 is 5.91 Å². The molecule has 1 saturated heterocycles. The van der Waals surface area contributed by atoms with E-state index >= 15 is 0 Å². The highest BCUT2D eigenvalue weighted by atomic mass is 16.5. The van der Waals surface area contributed by atoms with Crippen molar-refractivity contribution in [3.63, 3.8) is 0 Å². The van der Waals surface area contributed by atoms with Crippen molar-refractivity contribution in [2.75, 3.05) is 19.7 Å². The largest absolute Gasteiger partial charge is 0.374 e. The molecular weight excluding hydrogens is 226 g/mol. The Morgan fingerprint density at radius 3 is 2.94 bits per heavy atom. The number of carbonyl (C=O) groups excluding carboxylic acids is 1. The number of benzene rings is 1. The fourth-order valence-corrected chi connectivity index (χ4v) is 2.20. The van der Waals surface area contributed by atoms with Gasteiger partial charge in [0.05, 0.1) is 12.7 Å². The van der Waals surface area contributed by atoms with Crippen LogP contribution in [0.5, 0.6) is 0 Å². The van der Waals surface area contributed by atoms with Gasteiger partial charge in [0.1, 0.15) is 0 Å². The number of ether oxygens (including phenoxy) is 1.